The van der Waals surface area contributed by atoms with Crippen molar-refractivity contribution < 1.29 is 17.9 Å². The first-order chi connectivity index (χ1) is 7.90. The minimum atomic E-state index is -4.80. The van der Waals surface area contributed by atoms with E-state index < -0.39 is 12.1 Å². The fourth-order valence-electron chi connectivity index (χ4n) is 0.875. The average Bonchev–Trinajstić information content (AvgIpc) is 2.64. The van der Waals surface area contributed by atoms with Crippen LogP contribution in [0, 0.1) is 12.3 Å². The van der Waals surface area contributed by atoms with E-state index in [2.05, 4.69) is 14.7 Å². The van der Waals surface area contributed by atoms with Crippen LogP contribution in [0.25, 0.3) is 6.08 Å². The first kappa shape index (κ1) is 15.2. The highest BCUT2D eigenvalue weighted by molar-refractivity contribution is 5.79. The molecule has 2 N–H and O–H groups in total. The maximum absolute atomic E-state index is 11.8. The SMILES string of the molecule is CC.Cc1cnc(/C=C(\C=N)OC(F)(F)F)[nH]1. The summed E-state index contributed by atoms with van der Waals surface area (Å²) in [5.41, 5.74) is 0.706. The fraction of sp³-hybridized carbons (Fsp3) is 0.400. The molecule has 0 aliphatic carbocycles. The van der Waals surface area contributed by atoms with Crippen molar-refractivity contribution in [3.63, 3.8) is 0 Å². The number of alkyl halides is 3. The van der Waals surface area contributed by atoms with E-state index >= 15 is 0 Å². The summed E-state index contributed by atoms with van der Waals surface area (Å²) in [6.07, 6.45) is -1.88. The van der Waals surface area contributed by atoms with Crippen LogP contribution in [0.5, 0.6) is 0 Å². The molecular formula is C10H14F3N3O. The van der Waals surface area contributed by atoms with Crippen LogP contribution in [-0.4, -0.2) is 22.5 Å². The molecule has 0 saturated heterocycles. The van der Waals surface area contributed by atoms with Gasteiger partial charge >= 0.3 is 6.36 Å². The Balaban J connectivity index is 0.00000121. The van der Waals surface area contributed by atoms with Crippen molar-refractivity contribution in [2.24, 2.45) is 0 Å². The molecule has 1 heterocycles. The fourth-order valence-corrected chi connectivity index (χ4v) is 0.875. The normalized spacial score (nSPS) is 11.5. The summed E-state index contributed by atoms with van der Waals surface area (Å²) in [4.78, 5) is 6.44. The highest BCUT2D eigenvalue weighted by atomic mass is 19.4. The molecule has 0 atom stereocenters. The van der Waals surface area contributed by atoms with Gasteiger partial charge in [-0.2, -0.15) is 0 Å². The summed E-state index contributed by atoms with van der Waals surface area (Å²) in [6.45, 7) is 5.71. The Morgan fingerprint density at radius 1 is 1.47 bits per heavy atom. The number of hydrogen-bond acceptors (Lipinski definition) is 3. The van der Waals surface area contributed by atoms with E-state index in [0.29, 0.717) is 11.9 Å². The molecule has 0 saturated carbocycles. The van der Waals surface area contributed by atoms with Crippen LogP contribution in [0.4, 0.5) is 13.2 Å². The van der Waals surface area contributed by atoms with Crippen molar-refractivity contribution in [2.45, 2.75) is 27.1 Å². The molecule has 0 aliphatic rings. The average molecular weight is 249 g/mol. The number of allylic oxidation sites excluding steroid dienone is 1. The predicted molar refractivity (Wildman–Crippen MR) is 58.6 cm³/mol. The summed E-state index contributed by atoms with van der Waals surface area (Å²) < 4.78 is 39.0. The summed E-state index contributed by atoms with van der Waals surface area (Å²) in [5.74, 6) is -0.424. The highest BCUT2D eigenvalue weighted by Crippen LogP contribution is 2.20. The van der Waals surface area contributed by atoms with Crippen LogP contribution in [0.1, 0.15) is 25.4 Å². The van der Waals surface area contributed by atoms with E-state index in [9.17, 15) is 13.2 Å². The standard InChI is InChI=1S/C8H8F3N3O.C2H6/c1-5-4-13-7(14-5)2-6(3-12)15-8(9,10)11;1-2/h2-4,12H,1H3,(H,13,14);1-2H3/b6-2+,12-3?;. The van der Waals surface area contributed by atoms with Crippen molar-refractivity contribution in [3.8, 4) is 0 Å². The molecule has 0 aliphatic heterocycles. The summed E-state index contributed by atoms with van der Waals surface area (Å²) in [5, 5.41) is 6.74. The molecule has 0 radical (unpaired) electrons. The van der Waals surface area contributed by atoms with Crippen molar-refractivity contribution in [2.75, 3.05) is 0 Å². The topological polar surface area (TPSA) is 61.8 Å². The lowest BCUT2D eigenvalue weighted by atomic mass is 10.4. The number of H-pyrrole nitrogens is 1. The summed E-state index contributed by atoms with van der Waals surface area (Å²) in [7, 11) is 0. The van der Waals surface area contributed by atoms with Gasteiger partial charge in [-0.15, -0.1) is 13.2 Å². The number of hydrogen-bond donors (Lipinski definition) is 2. The number of imidazole rings is 1. The van der Waals surface area contributed by atoms with E-state index in [4.69, 9.17) is 5.41 Å². The number of ether oxygens (including phenoxy) is 1. The van der Waals surface area contributed by atoms with Gasteiger partial charge in [-0.05, 0) is 6.92 Å². The van der Waals surface area contributed by atoms with Gasteiger partial charge in [0.1, 0.15) is 5.82 Å². The van der Waals surface area contributed by atoms with Gasteiger partial charge in [0.2, 0.25) is 0 Å². The quantitative estimate of drug-likeness (QED) is 0.638. The Morgan fingerprint density at radius 2 is 2.06 bits per heavy atom. The van der Waals surface area contributed by atoms with Crippen molar-refractivity contribution in [1.82, 2.24) is 9.97 Å². The summed E-state index contributed by atoms with van der Waals surface area (Å²) in [6, 6.07) is 0. The largest absolute Gasteiger partial charge is 0.573 e. The van der Waals surface area contributed by atoms with Gasteiger partial charge in [-0.1, -0.05) is 13.8 Å². The second-order valence-electron chi connectivity index (χ2n) is 2.69. The molecule has 0 amide bonds. The van der Waals surface area contributed by atoms with Crippen molar-refractivity contribution >= 4 is 12.3 Å². The molecule has 96 valence electrons. The number of aromatic nitrogens is 2. The minimum Gasteiger partial charge on any atom is -0.404 e. The monoisotopic (exact) mass is 249 g/mol. The Morgan fingerprint density at radius 3 is 2.41 bits per heavy atom. The second-order valence-corrected chi connectivity index (χ2v) is 2.69. The number of aromatic amines is 1. The Hall–Kier alpha value is -1.79. The van der Waals surface area contributed by atoms with Gasteiger partial charge in [0.05, 0.1) is 6.21 Å². The number of aryl methyl sites for hydroxylation is 1. The third-order valence-corrected chi connectivity index (χ3v) is 1.38. The molecule has 1 aromatic rings. The molecule has 0 spiro atoms. The Kier molecular flexibility index (Phi) is 6.01. The third-order valence-electron chi connectivity index (χ3n) is 1.38. The van der Waals surface area contributed by atoms with E-state index in [1.54, 1.807) is 6.92 Å². The van der Waals surface area contributed by atoms with Gasteiger partial charge in [0.25, 0.3) is 0 Å². The van der Waals surface area contributed by atoms with Crippen LogP contribution in [0.15, 0.2) is 12.0 Å². The van der Waals surface area contributed by atoms with Crippen LogP contribution in [0.2, 0.25) is 0 Å². The maximum atomic E-state index is 11.8. The Bertz CT molecular complexity index is 382. The molecular weight excluding hydrogens is 235 g/mol. The molecule has 4 nitrogen and oxygen atoms in total. The second kappa shape index (κ2) is 6.72. The van der Waals surface area contributed by atoms with Gasteiger partial charge < -0.3 is 15.1 Å². The zero-order valence-corrected chi connectivity index (χ0v) is 9.72. The molecule has 0 unspecified atom stereocenters. The predicted octanol–water partition coefficient (Wildman–Crippen LogP) is 3.27. The van der Waals surface area contributed by atoms with E-state index in [1.807, 2.05) is 13.8 Å². The van der Waals surface area contributed by atoms with Gasteiger partial charge in [-0.3, -0.25) is 0 Å². The van der Waals surface area contributed by atoms with Gasteiger partial charge in [0.15, 0.2) is 5.76 Å². The van der Waals surface area contributed by atoms with E-state index in [0.717, 1.165) is 6.08 Å². The van der Waals surface area contributed by atoms with Gasteiger partial charge in [-0.25, -0.2) is 4.98 Å². The minimum absolute atomic E-state index is 0.204. The lowest BCUT2D eigenvalue weighted by Gasteiger charge is -2.07. The lowest BCUT2D eigenvalue weighted by molar-refractivity contribution is -0.301. The number of nitrogens with zero attached hydrogens (tertiary/aromatic N) is 1. The molecule has 17 heavy (non-hydrogen) atoms. The first-order valence-corrected chi connectivity index (χ1v) is 4.90. The number of rotatable bonds is 3. The van der Waals surface area contributed by atoms with Crippen LogP contribution >= 0.6 is 0 Å². The molecule has 0 aromatic carbocycles. The highest BCUT2D eigenvalue weighted by Gasteiger charge is 2.31. The number of nitrogens with one attached hydrogen (secondary N) is 2. The molecule has 1 rings (SSSR count). The van der Waals surface area contributed by atoms with Crippen LogP contribution in [0.3, 0.4) is 0 Å². The molecule has 0 bridgehead atoms. The van der Waals surface area contributed by atoms with E-state index in [1.165, 1.54) is 6.20 Å². The zero-order chi connectivity index (χ0) is 13.5. The smallest absolute Gasteiger partial charge is 0.404 e. The molecule has 7 heteroatoms. The maximum Gasteiger partial charge on any atom is 0.573 e. The van der Waals surface area contributed by atoms with E-state index in [-0.39, 0.29) is 5.82 Å². The van der Waals surface area contributed by atoms with Crippen LogP contribution in [-0.2, 0) is 4.74 Å². The summed E-state index contributed by atoms with van der Waals surface area (Å²) >= 11 is 0. The first-order valence-electron chi connectivity index (χ1n) is 4.90. The zero-order valence-electron chi connectivity index (χ0n) is 9.72. The van der Waals surface area contributed by atoms with Crippen molar-refractivity contribution in [1.29, 1.82) is 5.41 Å². The number of halogens is 3. The third kappa shape index (κ3) is 6.39. The Labute approximate surface area is 97.0 Å². The van der Waals surface area contributed by atoms with Crippen molar-refractivity contribution in [3.05, 3.63) is 23.5 Å². The van der Waals surface area contributed by atoms with Gasteiger partial charge in [0, 0.05) is 18.0 Å². The lowest BCUT2D eigenvalue weighted by Crippen LogP contribution is -2.13. The molecule has 1 aromatic heterocycles. The van der Waals surface area contributed by atoms with Crippen LogP contribution < -0.4 is 0 Å². The molecule has 0 fully saturated rings.